The molecule has 1 aliphatic rings. The number of aromatic nitrogens is 1. The predicted molar refractivity (Wildman–Crippen MR) is 153 cm³/mol. The Morgan fingerprint density at radius 2 is 1.82 bits per heavy atom. The third-order valence-electron chi connectivity index (χ3n) is 6.25. The lowest BCUT2D eigenvalue weighted by Gasteiger charge is -2.26. The number of nitrogens with one attached hydrogen (secondary N) is 3. The Hall–Kier alpha value is -4.19. The van der Waals surface area contributed by atoms with Crippen LogP contribution < -0.4 is 26.4 Å². The number of morpholine rings is 1. The summed E-state index contributed by atoms with van der Waals surface area (Å²) in [6.45, 7) is 4.95. The van der Waals surface area contributed by atoms with E-state index >= 15 is 0 Å². The number of anilines is 3. The van der Waals surface area contributed by atoms with Crippen molar-refractivity contribution in [2.75, 3.05) is 55.8 Å². The monoisotopic (exact) mass is 546 g/mol. The third-order valence-corrected chi connectivity index (χ3v) is 7.23. The summed E-state index contributed by atoms with van der Waals surface area (Å²) in [5, 5.41) is 9.66. The van der Waals surface area contributed by atoms with E-state index in [1.807, 2.05) is 36.4 Å². The van der Waals surface area contributed by atoms with Gasteiger partial charge in [0.2, 0.25) is 0 Å². The molecule has 3 aromatic carbocycles. The Balaban J connectivity index is 1.14. The van der Waals surface area contributed by atoms with Gasteiger partial charge in [0, 0.05) is 38.3 Å². The minimum atomic E-state index is -0.502. The number of nitrogens with two attached hydrogens (primary N) is 1. The Bertz CT molecular complexity index is 1440. The molecule has 0 spiro atoms. The van der Waals surface area contributed by atoms with Crippen LogP contribution in [-0.4, -0.2) is 61.3 Å². The van der Waals surface area contributed by atoms with Crippen molar-refractivity contribution in [1.29, 1.82) is 0 Å². The van der Waals surface area contributed by atoms with Gasteiger partial charge in [-0.3, -0.25) is 9.69 Å². The minimum Gasteiger partial charge on any atom is -0.408 e. The summed E-state index contributed by atoms with van der Waals surface area (Å²) < 4.78 is 11.8. The van der Waals surface area contributed by atoms with Crippen LogP contribution in [0.5, 0.6) is 5.75 Å². The van der Waals surface area contributed by atoms with Crippen LogP contribution in [0.1, 0.15) is 15.9 Å². The lowest BCUT2D eigenvalue weighted by atomic mass is 10.1. The summed E-state index contributed by atoms with van der Waals surface area (Å²) in [5.74, 6) is 0.186. The zero-order chi connectivity index (χ0) is 27.0. The van der Waals surface area contributed by atoms with Crippen molar-refractivity contribution in [2.45, 2.75) is 6.54 Å². The van der Waals surface area contributed by atoms with Crippen LogP contribution in [0.2, 0.25) is 0 Å². The molecule has 0 bridgehead atoms. The topological polar surface area (TPSA) is 131 Å². The van der Waals surface area contributed by atoms with Crippen molar-refractivity contribution < 1.29 is 19.1 Å². The van der Waals surface area contributed by atoms with Gasteiger partial charge in [0.1, 0.15) is 5.52 Å². The highest BCUT2D eigenvalue weighted by Gasteiger charge is 2.14. The maximum absolute atomic E-state index is 12.6. The summed E-state index contributed by atoms with van der Waals surface area (Å²) in [7, 11) is 0. The van der Waals surface area contributed by atoms with E-state index in [-0.39, 0.29) is 5.91 Å². The molecular formula is C28H30N6O4S. The van der Waals surface area contributed by atoms with E-state index < -0.39 is 6.09 Å². The van der Waals surface area contributed by atoms with Crippen molar-refractivity contribution in [3.63, 3.8) is 0 Å². The van der Waals surface area contributed by atoms with Crippen molar-refractivity contribution in [3.05, 3.63) is 77.9 Å². The molecule has 4 aromatic rings. The van der Waals surface area contributed by atoms with Gasteiger partial charge in [-0.1, -0.05) is 41.7 Å². The van der Waals surface area contributed by atoms with Gasteiger partial charge in [0.25, 0.3) is 5.91 Å². The lowest BCUT2D eigenvalue weighted by Crippen LogP contribution is -2.41. The molecule has 5 rings (SSSR count). The zero-order valence-electron chi connectivity index (χ0n) is 21.3. The van der Waals surface area contributed by atoms with Crippen molar-refractivity contribution >= 4 is 50.1 Å². The molecule has 2 heterocycles. The number of carbonyl (C=O) groups excluding carboxylic acids is 2. The lowest BCUT2D eigenvalue weighted by molar-refractivity contribution is 0.0385. The maximum Gasteiger partial charge on any atom is 0.412 e. The predicted octanol–water partition coefficient (Wildman–Crippen LogP) is 4.16. The van der Waals surface area contributed by atoms with E-state index in [1.165, 1.54) is 11.3 Å². The van der Waals surface area contributed by atoms with Crippen LogP contribution in [-0.2, 0) is 11.3 Å². The van der Waals surface area contributed by atoms with Crippen LogP contribution >= 0.6 is 11.3 Å². The van der Waals surface area contributed by atoms with Gasteiger partial charge in [-0.25, -0.2) is 9.78 Å². The molecule has 1 aromatic heterocycles. The van der Waals surface area contributed by atoms with Gasteiger partial charge in [0.05, 0.1) is 29.3 Å². The average Bonchev–Trinajstić information content (AvgIpc) is 3.38. The summed E-state index contributed by atoms with van der Waals surface area (Å²) >= 11 is 1.48. The van der Waals surface area contributed by atoms with Crippen LogP contribution in [0, 0.1) is 0 Å². The van der Waals surface area contributed by atoms with Crippen molar-refractivity contribution in [1.82, 2.24) is 15.2 Å². The smallest absolute Gasteiger partial charge is 0.408 e. The van der Waals surface area contributed by atoms with Crippen molar-refractivity contribution in [2.24, 2.45) is 0 Å². The van der Waals surface area contributed by atoms with Gasteiger partial charge in [0.15, 0.2) is 10.9 Å². The van der Waals surface area contributed by atoms with Crippen molar-refractivity contribution in [3.8, 4) is 5.75 Å². The Morgan fingerprint density at radius 1 is 1.03 bits per heavy atom. The number of benzene rings is 3. The molecule has 1 aliphatic heterocycles. The SMILES string of the molecule is Nc1ccccc1NC(=O)c1ccc(CNc2nc3c(OC(=O)NCCN4CCOCC4)cccc3s2)cc1. The first-order valence-corrected chi connectivity index (χ1v) is 13.5. The molecule has 11 heteroatoms. The second kappa shape index (κ2) is 12.6. The normalized spacial score (nSPS) is 13.6. The molecular weight excluding hydrogens is 516 g/mol. The first-order chi connectivity index (χ1) is 19.0. The molecule has 39 heavy (non-hydrogen) atoms. The van der Waals surface area contributed by atoms with Gasteiger partial charge in [-0.2, -0.15) is 0 Å². The van der Waals surface area contributed by atoms with E-state index in [2.05, 4.69) is 25.8 Å². The fourth-order valence-corrected chi connectivity index (χ4v) is 4.99. The Labute approximate surface area is 230 Å². The third kappa shape index (κ3) is 7.02. The Kier molecular flexibility index (Phi) is 8.51. The number of rotatable bonds is 9. The van der Waals surface area contributed by atoms with E-state index in [1.54, 1.807) is 30.3 Å². The highest BCUT2D eigenvalue weighted by molar-refractivity contribution is 7.22. The molecule has 0 radical (unpaired) electrons. The van der Waals surface area contributed by atoms with E-state index in [0.29, 0.717) is 46.4 Å². The average molecular weight is 547 g/mol. The molecule has 10 nitrogen and oxygen atoms in total. The molecule has 5 N–H and O–H groups in total. The number of nitrogen functional groups attached to an aromatic ring is 1. The zero-order valence-corrected chi connectivity index (χ0v) is 22.1. The number of ether oxygens (including phenoxy) is 2. The first kappa shape index (κ1) is 26.4. The number of hydrogen-bond acceptors (Lipinski definition) is 9. The highest BCUT2D eigenvalue weighted by atomic mass is 32.1. The van der Waals surface area contributed by atoms with Crippen LogP contribution in [0.25, 0.3) is 10.2 Å². The number of carbonyl (C=O) groups is 2. The Morgan fingerprint density at radius 3 is 2.62 bits per heavy atom. The van der Waals surface area contributed by atoms with Gasteiger partial charge in [-0.05, 0) is 42.0 Å². The van der Waals surface area contributed by atoms with Crippen LogP contribution in [0.4, 0.5) is 21.3 Å². The van der Waals surface area contributed by atoms with Gasteiger partial charge in [-0.15, -0.1) is 0 Å². The molecule has 2 amide bonds. The number of para-hydroxylation sites is 3. The first-order valence-electron chi connectivity index (χ1n) is 12.7. The molecule has 0 atom stereocenters. The second-order valence-corrected chi connectivity index (χ2v) is 10.0. The van der Waals surface area contributed by atoms with Gasteiger partial charge >= 0.3 is 6.09 Å². The number of fused-ring (bicyclic) bond motifs is 1. The second-order valence-electron chi connectivity index (χ2n) is 8.98. The molecule has 0 aliphatic carbocycles. The fourth-order valence-electron chi connectivity index (χ4n) is 4.12. The largest absolute Gasteiger partial charge is 0.412 e. The van der Waals surface area contributed by atoms with E-state index in [9.17, 15) is 9.59 Å². The summed E-state index contributed by atoms with van der Waals surface area (Å²) in [6.07, 6.45) is -0.502. The van der Waals surface area contributed by atoms with Crippen LogP contribution in [0.3, 0.4) is 0 Å². The molecule has 0 unspecified atom stereocenters. The quantitative estimate of drug-likeness (QED) is 0.230. The van der Waals surface area contributed by atoms with E-state index in [0.717, 1.165) is 43.1 Å². The standard InChI is InChI=1S/C28H30N6O4S/c29-21-4-1-2-5-22(21)32-26(35)20-10-8-19(9-11-20)18-31-27-33-25-23(6-3-7-24(25)39-27)38-28(36)30-12-13-34-14-16-37-17-15-34/h1-11H,12-18,29H2,(H,30,36)(H,31,33)(H,32,35). The fraction of sp³-hybridized carbons (Fsp3) is 0.250. The van der Waals surface area contributed by atoms with Gasteiger partial charge < -0.3 is 31.2 Å². The number of thiazole rings is 1. The molecule has 0 saturated carbocycles. The summed E-state index contributed by atoms with van der Waals surface area (Å²) in [5.41, 5.74) is 9.15. The molecule has 202 valence electrons. The number of hydrogen-bond donors (Lipinski definition) is 4. The minimum absolute atomic E-state index is 0.226. The molecule has 1 saturated heterocycles. The maximum atomic E-state index is 12.6. The summed E-state index contributed by atoms with van der Waals surface area (Å²) in [4.78, 5) is 31.8. The summed E-state index contributed by atoms with van der Waals surface area (Å²) in [6, 6.07) is 20.0. The van der Waals surface area contributed by atoms with Crippen LogP contribution in [0.15, 0.2) is 66.7 Å². The van der Waals surface area contributed by atoms with E-state index in [4.69, 9.17) is 15.2 Å². The number of nitrogens with zero attached hydrogens (tertiary/aromatic N) is 2. The molecule has 1 fully saturated rings. The highest BCUT2D eigenvalue weighted by Crippen LogP contribution is 2.32. The number of amides is 2.